The van der Waals surface area contributed by atoms with Crippen molar-refractivity contribution in [2.24, 2.45) is 23.7 Å². The third-order valence-corrected chi connectivity index (χ3v) is 4.86. The van der Waals surface area contributed by atoms with Gasteiger partial charge in [0.15, 0.2) is 0 Å². The van der Waals surface area contributed by atoms with E-state index in [1.807, 2.05) is 0 Å². The van der Waals surface area contributed by atoms with Crippen molar-refractivity contribution in [1.29, 1.82) is 0 Å². The molecule has 2 saturated carbocycles. The van der Waals surface area contributed by atoms with E-state index >= 15 is 0 Å². The summed E-state index contributed by atoms with van der Waals surface area (Å²) in [6.07, 6.45) is 9.63. The first-order valence-corrected chi connectivity index (χ1v) is 7.81. The van der Waals surface area contributed by atoms with E-state index in [1.165, 1.54) is 38.5 Å². The van der Waals surface area contributed by atoms with Crippen LogP contribution in [0.4, 0.5) is 0 Å². The highest BCUT2D eigenvalue weighted by Gasteiger charge is 2.27. The molecule has 0 aromatic carbocycles. The van der Waals surface area contributed by atoms with Gasteiger partial charge in [0.25, 0.3) is 0 Å². The molecule has 2 aliphatic carbocycles. The minimum atomic E-state index is 0.0835. The second kappa shape index (κ2) is 6.58. The fourth-order valence-electron chi connectivity index (χ4n) is 3.52. The largest absolute Gasteiger partial charge is 0.465 e. The second-order valence-corrected chi connectivity index (χ2v) is 6.72. The Hall–Kier alpha value is -0.530. The van der Waals surface area contributed by atoms with Gasteiger partial charge in [-0.2, -0.15) is 0 Å². The van der Waals surface area contributed by atoms with Crippen molar-refractivity contribution in [3.63, 3.8) is 0 Å². The number of ether oxygens (including phenoxy) is 1. The Morgan fingerprint density at radius 2 is 1.72 bits per heavy atom. The molecule has 2 atom stereocenters. The molecule has 0 heterocycles. The summed E-state index contributed by atoms with van der Waals surface area (Å²) in [5.41, 5.74) is 0. The van der Waals surface area contributed by atoms with Crippen LogP contribution in [0.5, 0.6) is 0 Å². The highest BCUT2D eigenvalue weighted by Crippen LogP contribution is 2.31. The Bertz CT molecular complexity index is 266. The van der Waals surface area contributed by atoms with Crippen molar-refractivity contribution in [2.45, 2.75) is 65.2 Å². The van der Waals surface area contributed by atoms with Gasteiger partial charge >= 0.3 is 5.97 Å². The molecule has 0 aromatic heterocycles. The monoisotopic (exact) mass is 252 g/mol. The summed E-state index contributed by atoms with van der Waals surface area (Å²) >= 11 is 0. The molecule has 0 N–H and O–H groups in total. The molecule has 0 bridgehead atoms. The topological polar surface area (TPSA) is 26.3 Å². The van der Waals surface area contributed by atoms with Crippen LogP contribution < -0.4 is 0 Å². The number of hydrogen-bond acceptors (Lipinski definition) is 2. The fourth-order valence-corrected chi connectivity index (χ4v) is 3.52. The third-order valence-electron chi connectivity index (χ3n) is 4.86. The molecular formula is C16H28O2. The van der Waals surface area contributed by atoms with Crippen LogP contribution in [-0.4, -0.2) is 12.6 Å². The van der Waals surface area contributed by atoms with Gasteiger partial charge in [-0.1, -0.05) is 26.7 Å². The summed E-state index contributed by atoms with van der Waals surface area (Å²) in [6, 6.07) is 0. The van der Waals surface area contributed by atoms with Crippen LogP contribution in [0, 0.1) is 23.7 Å². The van der Waals surface area contributed by atoms with E-state index in [9.17, 15) is 4.79 Å². The van der Waals surface area contributed by atoms with Crippen LogP contribution in [0.1, 0.15) is 65.2 Å². The minimum Gasteiger partial charge on any atom is -0.465 e. The number of hydrogen-bond donors (Lipinski definition) is 0. The maximum atomic E-state index is 12.0. The molecule has 0 aliphatic heterocycles. The lowest BCUT2D eigenvalue weighted by Gasteiger charge is -2.28. The molecule has 2 rings (SSSR count). The lowest BCUT2D eigenvalue weighted by atomic mass is 9.82. The number of carbonyl (C=O) groups excluding carboxylic acids is 1. The van der Waals surface area contributed by atoms with Crippen LogP contribution in [0.3, 0.4) is 0 Å². The first kappa shape index (κ1) is 13.9. The normalized spacial score (nSPS) is 37.2. The Balaban J connectivity index is 1.68. The van der Waals surface area contributed by atoms with Gasteiger partial charge in [0.2, 0.25) is 0 Å². The molecule has 2 fully saturated rings. The van der Waals surface area contributed by atoms with Gasteiger partial charge in [-0.25, -0.2) is 0 Å². The number of rotatable bonds is 3. The molecule has 0 radical (unpaired) electrons. The summed E-state index contributed by atoms with van der Waals surface area (Å²) in [6.45, 7) is 5.27. The standard InChI is InChI=1S/C16H28O2/c1-12-6-8-15(9-7-12)16(17)18-11-14-5-3-4-13(2)10-14/h12-15H,3-11H2,1-2H3. The fraction of sp³-hybridized carbons (Fsp3) is 0.938. The Morgan fingerprint density at radius 3 is 2.39 bits per heavy atom. The molecule has 2 aliphatic rings. The van der Waals surface area contributed by atoms with E-state index in [0.29, 0.717) is 12.5 Å². The predicted octanol–water partition coefficient (Wildman–Crippen LogP) is 4.18. The van der Waals surface area contributed by atoms with E-state index in [-0.39, 0.29) is 11.9 Å². The molecular weight excluding hydrogens is 224 g/mol. The highest BCUT2D eigenvalue weighted by molar-refractivity contribution is 5.72. The van der Waals surface area contributed by atoms with Crippen LogP contribution in [-0.2, 0) is 9.53 Å². The van der Waals surface area contributed by atoms with E-state index in [2.05, 4.69) is 13.8 Å². The van der Waals surface area contributed by atoms with Crippen LogP contribution in [0.25, 0.3) is 0 Å². The maximum Gasteiger partial charge on any atom is 0.308 e. The quantitative estimate of drug-likeness (QED) is 0.704. The van der Waals surface area contributed by atoms with Gasteiger partial charge in [0, 0.05) is 0 Å². The van der Waals surface area contributed by atoms with Crippen molar-refractivity contribution < 1.29 is 9.53 Å². The molecule has 0 aromatic rings. The SMILES string of the molecule is CC1CCC(C(=O)OCC2CCCC(C)C2)CC1. The molecule has 104 valence electrons. The zero-order valence-corrected chi connectivity index (χ0v) is 12.0. The second-order valence-electron chi connectivity index (χ2n) is 6.72. The van der Waals surface area contributed by atoms with Crippen molar-refractivity contribution >= 4 is 5.97 Å². The molecule has 18 heavy (non-hydrogen) atoms. The van der Waals surface area contributed by atoms with Crippen molar-refractivity contribution in [2.75, 3.05) is 6.61 Å². The average molecular weight is 252 g/mol. The summed E-state index contributed by atoms with van der Waals surface area (Å²) in [5.74, 6) is 2.52. The van der Waals surface area contributed by atoms with Gasteiger partial charge in [-0.15, -0.1) is 0 Å². The summed E-state index contributed by atoms with van der Waals surface area (Å²) in [5, 5.41) is 0. The zero-order valence-electron chi connectivity index (χ0n) is 12.0. The lowest BCUT2D eigenvalue weighted by molar-refractivity contribution is -0.151. The lowest BCUT2D eigenvalue weighted by Crippen LogP contribution is -2.26. The van der Waals surface area contributed by atoms with Crippen molar-refractivity contribution in [3.8, 4) is 0 Å². The Kier molecular flexibility index (Phi) is 5.08. The van der Waals surface area contributed by atoms with Gasteiger partial charge in [-0.3, -0.25) is 4.79 Å². The summed E-state index contributed by atoms with van der Waals surface area (Å²) in [4.78, 5) is 12.0. The summed E-state index contributed by atoms with van der Waals surface area (Å²) in [7, 11) is 0. The maximum absolute atomic E-state index is 12.0. The molecule has 2 unspecified atom stereocenters. The smallest absolute Gasteiger partial charge is 0.308 e. The van der Waals surface area contributed by atoms with Crippen molar-refractivity contribution in [3.05, 3.63) is 0 Å². The highest BCUT2D eigenvalue weighted by atomic mass is 16.5. The average Bonchev–Trinajstić information content (AvgIpc) is 2.37. The van der Waals surface area contributed by atoms with Crippen LogP contribution >= 0.6 is 0 Å². The molecule has 0 amide bonds. The van der Waals surface area contributed by atoms with E-state index in [4.69, 9.17) is 4.74 Å². The zero-order chi connectivity index (χ0) is 13.0. The molecule has 2 nitrogen and oxygen atoms in total. The first-order chi connectivity index (χ1) is 8.65. The first-order valence-electron chi connectivity index (χ1n) is 7.81. The van der Waals surface area contributed by atoms with Gasteiger partial charge in [-0.05, 0) is 56.3 Å². The molecule has 2 heteroatoms. The number of carbonyl (C=O) groups is 1. The summed E-state index contributed by atoms with van der Waals surface area (Å²) < 4.78 is 5.57. The van der Waals surface area contributed by atoms with Gasteiger partial charge < -0.3 is 4.74 Å². The van der Waals surface area contributed by atoms with E-state index in [0.717, 1.165) is 24.7 Å². The Morgan fingerprint density at radius 1 is 1.00 bits per heavy atom. The van der Waals surface area contributed by atoms with E-state index in [1.54, 1.807) is 0 Å². The molecule has 0 saturated heterocycles. The predicted molar refractivity (Wildman–Crippen MR) is 73.2 cm³/mol. The minimum absolute atomic E-state index is 0.0835. The third kappa shape index (κ3) is 4.00. The Labute approximate surface area is 111 Å². The van der Waals surface area contributed by atoms with E-state index < -0.39 is 0 Å². The molecule has 0 spiro atoms. The van der Waals surface area contributed by atoms with Crippen molar-refractivity contribution in [1.82, 2.24) is 0 Å². The van der Waals surface area contributed by atoms with Gasteiger partial charge in [0.05, 0.1) is 12.5 Å². The van der Waals surface area contributed by atoms with Crippen LogP contribution in [0.15, 0.2) is 0 Å². The number of esters is 1. The van der Waals surface area contributed by atoms with Crippen LogP contribution in [0.2, 0.25) is 0 Å². The van der Waals surface area contributed by atoms with Gasteiger partial charge in [0.1, 0.15) is 0 Å².